The van der Waals surface area contributed by atoms with Gasteiger partial charge in [0.2, 0.25) is 0 Å². The number of hydrogen-bond donors (Lipinski definition) is 2. The van der Waals surface area contributed by atoms with E-state index in [0.717, 1.165) is 20.3 Å². The van der Waals surface area contributed by atoms with Crippen LogP contribution in [0.1, 0.15) is 11.1 Å². The first-order valence-electron chi connectivity index (χ1n) is 9.74. The average molecular weight is 428 g/mol. The van der Waals surface area contributed by atoms with E-state index in [1.165, 1.54) is 36.4 Å². The van der Waals surface area contributed by atoms with E-state index in [2.05, 4.69) is 0 Å². The van der Waals surface area contributed by atoms with Crippen molar-refractivity contribution in [1.29, 1.82) is 0 Å². The largest absolute Gasteiger partial charge is 0.506 e. The number of aryl methyl sites for hydroxylation is 2. The molecule has 5 aromatic rings. The molecular formula is C24H16N2O6. The Labute approximate surface area is 179 Å². The van der Waals surface area contributed by atoms with Gasteiger partial charge in [-0.25, -0.2) is 9.13 Å². The number of rotatable bonds is 2. The van der Waals surface area contributed by atoms with Gasteiger partial charge in [-0.3, -0.25) is 19.2 Å². The van der Waals surface area contributed by atoms with Gasteiger partial charge in [-0.15, -0.1) is 0 Å². The van der Waals surface area contributed by atoms with Crippen molar-refractivity contribution in [2.75, 3.05) is 0 Å². The molecule has 8 nitrogen and oxygen atoms in total. The lowest BCUT2D eigenvalue weighted by atomic mass is 10.1. The van der Waals surface area contributed by atoms with Crippen molar-refractivity contribution in [3.05, 3.63) is 101 Å². The molecule has 0 fully saturated rings. The second-order valence-corrected chi connectivity index (χ2v) is 7.82. The number of phenolic OH excluding ortho intramolecular Hbond substituents is 2. The highest BCUT2D eigenvalue weighted by molar-refractivity contribution is 5.98. The fourth-order valence-electron chi connectivity index (χ4n) is 4.06. The van der Waals surface area contributed by atoms with Crippen LogP contribution < -0.4 is 22.2 Å². The lowest BCUT2D eigenvalue weighted by Gasteiger charge is -2.04. The quantitative estimate of drug-likeness (QED) is 0.444. The Morgan fingerprint density at radius 3 is 1.12 bits per heavy atom. The molecule has 0 unspecified atom stereocenters. The average Bonchev–Trinajstić information content (AvgIpc) is 3.12. The van der Waals surface area contributed by atoms with Crippen molar-refractivity contribution in [3.8, 4) is 22.9 Å². The highest BCUT2D eigenvalue weighted by atomic mass is 16.3. The Morgan fingerprint density at radius 2 is 0.844 bits per heavy atom. The number of phenols is 2. The first-order chi connectivity index (χ1) is 15.2. The van der Waals surface area contributed by atoms with Crippen LogP contribution in [0.4, 0.5) is 0 Å². The normalized spacial score (nSPS) is 11.6. The Bertz CT molecular complexity index is 1590. The molecule has 3 aromatic carbocycles. The summed E-state index contributed by atoms with van der Waals surface area (Å²) < 4.78 is 1.65. The van der Waals surface area contributed by atoms with Crippen LogP contribution in [0.15, 0.2) is 67.7 Å². The number of aromatic nitrogens is 2. The van der Waals surface area contributed by atoms with Crippen LogP contribution in [-0.2, 0) is 0 Å². The maximum atomic E-state index is 13.0. The Kier molecular flexibility index (Phi) is 3.97. The van der Waals surface area contributed by atoms with Crippen LogP contribution in [-0.4, -0.2) is 19.3 Å². The van der Waals surface area contributed by atoms with Crippen molar-refractivity contribution in [1.82, 2.24) is 9.13 Å². The fourth-order valence-corrected chi connectivity index (χ4v) is 4.06. The minimum atomic E-state index is -0.705. The highest BCUT2D eigenvalue weighted by Crippen LogP contribution is 2.24. The van der Waals surface area contributed by atoms with Gasteiger partial charge < -0.3 is 10.2 Å². The van der Waals surface area contributed by atoms with Crippen LogP contribution in [0.2, 0.25) is 0 Å². The molecule has 0 aliphatic carbocycles. The third-order valence-electron chi connectivity index (χ3n) is 5.64. The summed E-state index contributed by atoms with van der Waals surface area (Å²) in [4.78, 5) is 52.1. The van der Waals surface area contributed by atoms with Crippen molar-refractivity contribution < 1.29 is 10.2 Å². The first-order valence-corrected chi connectivity index (χ1v) is 9.74. The zero-order valence-electron chi connectivity index (χ0n) is 17.0. The second kappa shape index (κ2) is 6.52. The Morgan fingerprint density at radius 1 is 0.531 bits per heavy atom. The van der Waals surface area contributed by atoms with Gasteiger partial charge >= 0.3 is 0 Å². The topological polar surface area (TPSA) is 119 Å². The molecule has 0 bridgehead atoms. The molecule has 5 rings (SSSR count). The molecule has 0 saturated carbocycles. The molecule has 2 N–H and O–H groups in total. The minimum Gasteiger partial charge on any atom is -0.506 e. The van der Waals surface area contributed by atoms with E-state index < -0.39 is 22.2 Å². The Balaban J connectivity index is 1.85. The van der Waals surface area contributed by atoms with Gasteiger partial charge in [0.25, 0.3) is 22.2 Å². The van der Waals surface area contributed by atoms with E-state index in [9.17, 15) is 29.4 Å². The van der Waals surface area contributed by atoms with Gasteiger partial charge in [0.05, 0.1) is 32.9 Å². The number of nitrogens with zero attached hydrogens (tertiary/aromatic N) is 2. The molecule has 32 heavy (non-hydrogen) atoms. The van der Waals surface area contributed by atoms with Crippen LogP contribution in [0.5, 0.6) is 11.5 Å². The zero-order chi connectivity index (χ0) is 22.9. The molecule has 0 saturated heterocycles. The maximum absolute atomic E-state index is 13.0. The van der Waals surface area contributed by atoms with E-state index in [1.54, 1.807) is 26.0 Å². The van der Waals surface area contributed by atoms with E-state index in [1.807, 2.05) is 0 Å². The lowest BCUT2D eigenvalue weighted by Crippen LogP contribution is -2.24. The van der Waals surface area contributed by atoms with Gasteiger partial charge in [-0.05, 0) is 61.4 Å². The molecule has 0 aliphatic rings. The van der Waals surface area contributed by atoms with E-state index >= 15 is 0 Å². The first kappa shape index (κ1) is 19.5. The van der Waals surface area contributed by atoms with Crippen molar-refractivity contribution >= 4 is 21.5 Å². The standard InChI is InChI=1S/C24H16N2O6/c1-11-3-5-17(19(27)7-11)25-21(29)13-9-15-16(10-14(13)22(25)30)24(32)26(23(15)31)18-6-4-12(2)8-20(18)28/h3-10,27-28H,1-2H3. The van der Waals surface area contributed by atoms with E-state index in [4.69, 9.17) is 0 Å². The summed E-state index contributed by atoms with van der Waals surface area (Å²) in [6.07, 6.45) is 0. The van der Waals surface area contributed by atoms with Crippen LogP contribution in [0, 0.1) is 13.8 Å². The maximum Gasteiger partial charge on any atom is 0.266 e. The summed E-state index contributed by atoms with van der Waals surface area (Å²) in [5, 5.41) is 20.3. The summed E-state index contributed by atoms with van der Waals surface area (Å²) in [6.45, 7) is 3.51. The zero-order valence-corrected chi connectivity index (χ0v) is 17.0. The van der Waals surface area contributed by atoms with Crippen LogP contribution in [0.25, 0.3) is 32.9 Å². The lowest BCUT2D eigenvalue weighted by molar-refractivity contribution is 0.470. The molecule has 0 spiro atoms. The summed E-state index contributed by atoms with van der Waals surface area (Å²) in [7, 11) is 0. The van der Waals surface area contributed by atoms with Gasteiger partial charge in [0.1, 0.15) is 11.5 Å². The molecule has 0 aliphatic heterocycles. The third-order valence-corrected chi connectivity index (χ3v) is 5.64. The second-order valence-electron chi connectivity index (χ2n) is 7.82. The molecule has 2 heterocycles. The molecule has 0 radical (unpaired) electrons. The molecule has 0 atom stereocenters. The summed E-state index contributed by atoms with van der Waals surface area (Å²) in [5.41, 5.74) is -1.29. The van der Waals surface area contributed by atoms with Crippen molar-refractivity contribution in [3.63, 3.8) is 0 Å². The van der Waals surface area contributed by atoms with E-state index in [0.29, 0.717) is 0 Å². The number of benzene rings is 3. The van der Waals surface area contributed by atoms with E-state index in [-0.39, 0.29) is 44.4 Å². The minimum absolute atomic E-state index is 0.0193. The van der Waals surface area contributed by atoms with Crippen LogP contribution in [0.3, 0.4) is 0 Å². The Hall–Kier alpha value is -4.46. The number of hydrogen-bond acceptors (Lipinski definition) is 6. The summed E-state index contributed by atoms with van der Waals surface area (Å²) in [6, 6.07) is 11.5. The number of fused-ring (bicyclic) bond motifs is 2. The van der Waals surface area contributed by atoms with Gasteiger partial charge in [0, 0.05) is 0 Å². The van der Waals surface area contributed by atoms with Gasteiger partial charge in [-0.2, -0.15) is 0 Å². The van der Waals surface area contributed by atoms with Crippen LogP contribution >= 0.6 is 0 Å². The molecular weight excluding hydrogens is 412 g/mol. The van der Waals surface area contributed by atoms with Gasteiger partial charge in [0.15, 0.2) is 0 Å². The number of aromatic hydroxyl groups is 2. The molecule has 0 amide bonds. The SMILES string of the molecule is Cc1ccc(-n2c(=O)c3cc4c(=O)n(-c5ccc(C)cc5O)c(=O)c4cc3c2=O)c(O)c1. The fraction of sp³-hybridized carbons (Fsp3) is 0.0833. The highest BCUT2D eigenvalue weighted by Gasteiger charge is 2.22. The predicted octanol–water partition coefficient (Wildman–Crippen LogP) is 1.92. The van der Waals surface area contributed by atoms with Crippen molar-refractivity contribution in [2.24, 2.45) is 0 Å². The summed E-state index contributed by atoms with van der Waals surface area (Å²) in [5.74, 6) is -0.472. The monoisotopic (exact) mass is 428 g/mol. The summed E-state index contributed by atoms with van der Waals surface area (Å²) >= 11 is 0. The third kappa shape index (κ3) is 2.56. The smallest absolute Gasteiger partial charge is 0.266 e. The molecule has 2 aromatic heterocycles. The van der Waals surface area contributed by atoms with Gasteiger partial charge in [-0.1, -0.05) is 12.1 Å². The van der Waals surface area contributed by atoms with Crippen molar-refractivity contribution in [2.45, 2.75) is 13.8 Å². The molecule has 8 heteroatoms. The predicted molar refractivity (Wildman–Crippen MR) is 120 cm³/mol. The molecule has 158 valence electrons.